The second kappa shape index (κ2) is 6.30. The molecular formula is C12H16F2N2O. The summed E-state index contributed by atoms with van der Waals surface area (Å²) in [5, 5.41) is 5.37. The Labute approximate surface area is 99.2 Å². The fourth-order valence-electron chi connectivity index (χ4n) is 1.45. The van der Waals surface area contributed by atoms with Gasteiger partial charge in [0.05, 0.1) is 0 Å². The monoisotopic (exact) mass is 242 g/mol. The minimum atomic E-state index is -0.647. The Balaban J connectivity index is 2.59. The molecule has 1 aromatic carbocycles. The largest absolute Gasteiger partial charge is 0.352 e. The molecule has 1 atom stereocenters. The van der Waals surface area contributed by atoms with Gasteiger partial charge in [0.15, 0.2) is 0 Å². The first-order valence-electron chi connectivity index (χ1n) is 5.41. The lowest BCUT2D eigenvalue weighted by Gasteiger charge is -2.12. The fourth-order valence-corrected chi connectivity index (χ4v) is 1.45. The van der Waals surface area contributed by atoms with Gasteiger partial charge in [-0.1, -0.05) is 13.0 Å². The standard InChI is InChI=1S/C12H16F2N2O/c1-8(6-15-2)12(17)16-7-9-10(13)4-3-5-11(9)14/h3-5,8,15H,6-7H2,1-2H3,(H,16,17). The van der Waals surface area contributed by atoms with Crippen molar-refractivity contribution in [2.75, 3.05) is 13.6 Å². The first kappa shape index (κ1) is 13.6. The van der Waals surface area contributed by atoms with Crippen molar-refractivity contribution >= 4 is 5.91 Å². The predicted octanol–water partition coefficient (Wildman–Crippen LogP) is 1.44. The normalized spacial score (nSPS) is 12.2. The average Bonchev–Trinajstić information content (AvgIpc) is 2.28. The molecule has 0 saturated heterocycles. The van der Waals surface area contributed by atoms with Gasteiger partial charge in [0.2, 0.25) is 5.91 Å². The average molecular weight is 242 g/mol. The summed E-state index contributed by atoms with van der Waals surface area (Å²) in [7, 11) is 1.74. The Bertz CT molecular complexity index is 376. The van der Waals surface area contributed by atoms with E-state index < -0.39 is 11.6 Å². The lowest BCUT2D eigenvalue weighted by molar-refractivity contribution is -0.124. The van der Waals surface area contributed by atoms with Crippen LogP contribution in [0.1, 0.15) is 12.5 Å². The van der Waals surface area contributed by atoms with Crippen LogP contribution in [0.4, 0.5) is 8.78 Å². The summed E-state index contributed by atoms with van der Waals surface area (Å²) in [6.45, 7) is 2.13. The minimum Gasteiger partial charge on any atom is -0.352 e. The van der Waals surface area contributed by atoms with Gasteiger partial charge in [-0.15, -0.1) is 0 Å². The van der Waals surface area contributed by atoms with E-state index in [1.807, 2.05) is 0 Å². The molecule has 0 aliphatic carbocycles. The van der Waals surface area contributed by atoms with E-state index in [0.717, 1.165) is 0 Å². The zero-order valence-corrected chi connectivity index (χ0v) is 9.89. The first-order chi connectivity index (χ1) is 8.06. The van der Waals surface area contributed by atoms with Crippen LogP contribution in [0.5, 0.6) is 0 Å². The minimum absolute atomic E-state index is 0.113. The second-order valence-corrected chi connectivity index (χ2v) is 3.88. The number of carbonyl (C=O) groups is 1. The Morgan fingerprint density at radius 2 is 1.94 bits per heavy atom. The predicted molar refractivity (Wildman–Crippen MR) is 61.3 cm³/mol. The van der Waals surface area contributed by atoms with Crippen LogP contribution in [0.25, 0.3) is 0 Å². The van der Waals surface area contributed by atoms with Crippen LogP contribution in [0.3, 0.4) is 0 Å². The quantitative estimate of drug-likeness (QED) is 0.820. The van der Waals surface area contributed by atoms with Crippen LogP contribution in [-0.2, 0) is 11.3 Å². The molecule has 0 aromatic heterocycles. The third-order valence-corrected chi connectivity index (χ3v) is 2.46. The summed E-state index contributed by atoms with van der Waals surface area (Å²) in [5.41, 5.74) is -0.113. The summed E-state index contributed by atoms with van der Waals surface area (Å²) in [5.74, 6) is -1.77. The van der Waals surface area contributed by atoms with Crippen molar-refractivity contribution in [3.8, 4) is 0 Å². The van der Waals surface area contributed by atoms with Gasteiger partial charge in [0, 0.05) is 24.6 Å². The molecule has 1 unspecified atom stereocenters. The van der Waals surface area contributed by atoms with Crippen molar-refractivity contribution in [1.82, 2.24) is 10.6 Å². The van der Waals surface area contributed by atoms with Gasteiger partial charge in [0.1, 0.15) is 11.6 Å². The summed E-state index contributed by atoms with van der Waals surface area (Å²) >= 11 is 0. The molecule has 94 valence electrons. The number of hydrogen-bond donors (Lipinski definition) is 2. The van der Waals surface area contributed by atoms with E-state index in [2.05, 4.69) is 10.6 Å². The number of carbonyl (C=O) groups excluding carboxylic acids is 1. The lowest BCUT2D eigenvalue weighted by Crippen LogP contribution is -2.34. The second-order valence-electron chi connectivity index (χ2n) is 3.88. The highest BCUT2D eigenvalue weighted by Gasteiger charge is 2.14. The Hall–Kier alpha value is -1.49. The molecule has 2 N–H and O–H groups in total. The molecule has 0 heterocycles. The van der Waals surface area contributed by atoms with Crippen LogP contribution in [0.15, 0.2) is 18.2 Å². The van der Waals surface area contributed by atoms with Crippen LogP contribution in [0, 0.1) is 17.6 Å². The van der Waals surface area contributed by atoms with E-state index in [1.165, 1.54) is 18.2 Å². The summed E-state index contributed by atoms with van der Waals surface area (Å²) < 4.78 is 26.5. The van der Waals surface area contributed by atoms with Crippen molar-refractivity contribution in [3.63, 3.8) is 0 Å². The molecule has 0 aliphatic heterocycles. The number of amides is 1. The SMILES string of the molecule is CNCC(C)C(=O)NCc1c(F)cccc1F. The van der Waals surface area contributed by atoms with E-state index in [4.69, 9.17) is 0 Å². The lowest BCUT2D eigenvalue weighted by atomic mass is 10.1. The van der Waals surface area contributed by atoms with Crippen LogP contribution >= 0.6 is 0 Å². The number of nitrogens with one attached hydrogen (secondary N) is 2. The fraction of sp³-hybridized carbons (Fsp3) is 0.417. The molecule has 1 rings (SSSR count). The molecule has 3 nitrogen and oxygen atoms in total. The number of rotatable bonds is 5. The molecule has 5 heteroatoms. The van der Waals surface area contributed by atoms with Crippen LogP contribution < -0.4 is 10.6 Å². The van der Waals surface area contributed by atoms with E-state index in [0.29, 0.717) is 6.54 Å². The smallest absolute Gasteiger partial charge is 0.224 e. The molecular weight excluding hydrogens is 226 g/mol. The molecule has 0 bridgehead atoms. The molecule has 0 aliphatic rings. The van der Waals surface area contributed by atoms with Gasteiger partial charge >= 0.3 is 0 Å². The molecule has 17 heavy (non-hydrogen) atoms. The van der Waals surface area contributed by atoms with Crippen LogP contribution in [-0.4, -0.2) is 19.5 Å². The third kappa shape index (κ3) is 3.78. The maximum absolute atomic E-state index is 13.2. The summed E-state index contributed by atoms with van der Waals surface area (Å²) in [6, 6.07) is 3.63. The Kier molecular flexibility index (Phi) is 5.03. The number of hydrogen-bond acceptors (Lipinski definition) is 2. The topological polar surface area (TPSA) is 41.1 Å². The van der Waals surface area contributed by atoms with Crippen LogP contribution in [0.2, 0.25) is 0 Å². The number of benzene rings is 1. The Morgan fingerprint density at radius 1 is 1.35 bits per heavy atom. The highest BCUT2D eigenvalue weighted by Crippen LogP contribution is 2.11. The summed E-state index contributed by atoms with van der Waals surface area (Å²) in [6.07, 6.45) is 0. The molecule has 0 radical (unpaired) electrons. The van der Waals surface area contributed by atoms with E-state index in [1.54, 1.807) is 14.0 Å². The summed E-state index contributed by atoms with van der Waals surface area (Å²) in [4.78, 5) is 11.5. The molecule has 0 spiro atoms. The first-order valence-corrected chi connectivity index (χ1v) is 5.41. The van der Waals surface area contributed by atoms with Gasteiger partial charge in [-0.25, -0.2) is 8.78 Å². The van der Waals surface area contributed by atoms with Crippen molar-refractivity contribution in [1.29, 1.82) is 0 Å². The van der Waals surface area contributed by atoms with Crippen molar-refractivity contribution in [2.45, 2.75) is 13.5 Å². The molecule has 1 amide bonds. The van der Waals surface area contributed by atoms with Crippen molar-refractivity contribution in [3.05, 3.63) is 35.4 Å². The maximum atomic E-state index is 13.2. The Morgan fingerprint density at radius 3 is 2.47 bits per heavy atom. The van der Waals surface area contributed by atoms with Gasteiger partial charge in [-0.3, -0.25) is 4.79 Å². The zero-order valence-electron chi connectivity index (χ0n) is 9.89. The highest BCUT2D eigenvalue weighted by atomic mass is 19.1. The van der Waals surface area contributed by atoms with Gasteiger partial charge in [-0.2, -0.15) is 0 Å². The third-order valence-electron chi connectivity index (χ3n) is 2.46. The number of halogens is 2. The van der Waals surface area contributed by atoms with E-state index in [9.17, 15) is 13.6 Å². The van der Waals surface area contributed by atoms with E-state index in [-0.39, 0.29) is 23.9 Å². The zero-order chi connectivity index (χ0) is 12.8. The molecule has 0 fully saturated rings. The maximum Gasteiger partial charge on any atom is 0.224 e. The van der Waals surface area contributed by atoms with Gasteiger partial charge < -0.3 is 10.6 Å². The van der Waals surface area contributed by atoms with Crippen molar-refractivity contribution < 1.29 is 13.6 Å². The van der Waals surface area contributed by atoms with Gasteiger partial charge in [-0.05, 0) is 19.2 Å². The van der Waals surface area contributed by atoms with Crippen molar-refractivity contribution in [2.24, 2.45) is 5.92 Å². The van der Waals surface area contributed by atoms with E-state index >= 15 is 0 Å². The highest BCUT2D eigenvalue weighted by molar-refractivity contribution is 5.78. The molecule has 1 aromatic rings. The van der Waals surface area contributed by atoms with Gasteiger partial charge in [0.25, 0.3) is 0 Å². The molecule has 0 saturated carbocycles.